The van der Waals surface area contributed by atoms with Crippen molar-refractivity contribution in [1.29, 1.82) is 0 Å². The van der Waals surface area contributed by atoms with Crippen LogP contribution in [0.1, 0.15) is 62.3 Å². The molecule has 0 aromatic heterocycles. The van der Waals surface area contributed by atoms with E-state index in [0.29, 0.717) is 31.1 Å². The van der Waals surface area contributed by atoms with Gasteiger partial charge in [-0.2, -0.15) is 0 Å². The van der Waals surface area contributed by atoms with Crippen molar-refractivity contribution >= 4 is 5.78 Å². The van der Waals surface area contributed by atoms with E-state index in [1.54, 1.807) is 0 Å². The average molecular weight is 290 g/mol. The Kier molecular flexibility index (Phi) is 6.94. The second-order valence-electron chi connectivity index (χ2n) is 6.16. The van der Waals surface area contributed by atoms with Crippen molar-refractivity contribution < 1.29 is 9.53 Å². The summed E-state index contributed by atoms with van der Waals surface area (Å²) >= 11 is 0. The van der Waals surface area contributed by atoms with E-state index in [-0.39, 0.29) is 0 Å². The smallest absolute Gasteiger partial charge is 0.133 e. The van der Waals surface area contributed by atoms with Gasteiger partial charge in [0.05, 0.1) is 6.61 Å². The first kappa shape index (κ1) is 17.7. The molecule has 118 valence electrons. The average Bonchev–Trinajstić information content (AvgIpc) is 2.41. The highest BCUT2D eigenvalue weighted by atomic mass is 16.5. The highest BCUT2D eigenvalue weighted by molar-refractivity contribution is 5.78. The second kappa shape index (κ2) is 8.21. The lowest BCUT2D eigenvalue weighted by Crippen LogP contribution is -2.10. The van der Waals surface area contributed by atoms with Gasteiger partial charge in [-0.15, -0.1) is 0 Å². The summed E-state index contributed by atoms with van der Waals surface area (Å²) in [7, 11) is 0. The fourth-order valence-corrected chi connectivity index (χ4v) is 2.91. The molecule has 2 heteroatoms. The van der Waals surface area contributed by atoms with Crippen LogP contribution in [0.5, 0.6) is 5.75 Å². The predicted molar refractivity (Wildman–Crippen MR) is 89.2 cm³/mol. The zero-order valence-corrected chi connectivity index (χ0v) is 14.5. The Morgan fingerprint density at radius 3 is 2.43 bits per heavy atom. The lowest BCUT2D eigenvalue weighted by Gasteiger charge is -2.19. The number of ketones is 1. The molecular weight excluding hydrogens is 260 g/mol. The van der Waals surface area contributed by atoms with Crippen molar-refractivity contribution in [3.05, 3.63) is 28.3 Å². The molecule has 0 aliphatic heterocycles. The largest absolute Gasteiger partial charge is 0.494 e. The van der Waals surface area contributed by atoms with Gasteiger partial charge in [-0.3, -0.25) is 4.79 Å². The van der Waals surface area contributed by atoms with E-state index in [2.05, 4.69) is 40.7 Å². The quantitative estimate of drug-likeness (QED) is 0.677. The lowest BCUT2D eigenvalue weighted by molar-refractivity contribution is -0.119. The third-order valence-corrected chi connectivity index (χ3v) is 4.17. The molecule has 21 heavy (non-hydrogen) atoms. The van der Waals surface area contributed by atoms with Gasteiger partial charge in [-0.1, -0.05) is 13.8 Å². The number of ether oxygens (including phenoxy) is 1. The molecule has 0 amide bonds. The Bertz CT molecular complexity index is 489. The van der Waals surface area contributed by atoms with Gasteiger partial charge in [0, 0.05) is 12.8 Å². The van der Waals surface area contributed by atoms with Crippen LogP contribution in [0.2, 0.25) is 0 Å². The second-order valence-corrected chi connectivity index (χ2v) is 6.16. The van der Waals surface area contributed by atoms with Gasteiger partial charge in [-0.25, -0.2) is 0 Å². The molecule has 0 aliphatic carbocycles. The van der Waals surface area contributed by atoms with Gasteiger partial charge in [0.2, 0.25) is 0 Å². The van der Waals surface area contributed by atoms with Gasteiger partial charge < -0.3 is 4.74 Å². The number of rotatable bonds is 8. The summed E-state index contributed by atoms with van der Waals surface area (Å²) < 4.78 is 5.70. The van der Waals surface area contributed by atoms with E-state index in [4.69, 9.17) is 4.74 Å². The molecule has 0 saturated carbocycles. The normalized spacial score (nSPS) is 12.3. The molecule has 0 aliphatic rings. The maximum Gasteiger partial charge on any atom is 0.133 e. The summed E-state index contributed by atoms with van der Waals surface area (Å²) in [5, 5.41) is 0. The molecule has 1 rings (SSSR count). The molecule has 0 N–H and O–H groups in total. The monoisotopic (exact) mass is 290 g/mol. The van der Waals surface area contributed by atoms with E-state index in [0.717, 1.165) is 18.6 Å². The SMILES string of the molecule is CCCC(=O)CC(C)Cc1c(C)cc(OCC)c(C)c1C. The maximum absolute atomic E-state index is 11.8. The first-order chi connectivity index (χ1) is 9.90. The van der Waals surface area contributed by atoms with Gasteiger partial charge in [0.25, 0.3) is 0 Å². The number of Topliss-reactive ketones (excluding diaryl/α,β-unsaturated/α-hetero) is 1. The first-order valence-corrected chi connectivity index (χ1v) is 8.14. The minimum Gasteiger partial charge on any atom is -0.494 e. The highest BCUT2D eigenvalue weighted by Gasteiger charge is 2.15. The van der Waals surface area contributed by atoms with E-state index >= 15 is 0 Å². The number of carbonyl (C=O) groups is 1. The van der Waals surface area contributed by atoms with Gasteiger partial charge in [0.15, 0.2) is 0 Å². The van der Waals surface area contributed by atoms with Crippen LogP contribution in [0.4, 0.5) is 0 Å². The van der Waals surface area contributed by atoms with Crippen LogP contribution in [-0.2, 0) is 11.2 Å². The van der Waals surface area contributed by atoms with E-state index < -0.39 is 0 Å². The molecule has 2 nitrogen and oxygen atoms in total. The number of carbonyl (C=O) groups excluding carboxylic acids is 1. The van der Waals surface area contributed by atoms with Crippen molar-refractivity contribution in [1.82, 2.24) is 0 Å². The van der Waals surface area contributed by atoms with Crippen molar-refractivity contribution in [2.24, 2.45) is 5.92 Å². The zero-order chi connectivity index (χ0) is 16.0. The zero-order valence-electron chi connectivity index (χ0n) is 14.5. The molecule has 0 fully saturated rings. The van der Waals surface area contributed by atoms with Crippen LogP contribution in [0, 0.1) is 26.7 Å². The van der Waals surface area contributed by atoms with Crippen molar-refractivity contribution in [3.63, 3.8) is 0 Å². The van der Waals surface area contributed by atoms with Crippen LogP contribution in [0.25, 0.3) is 0 Å². The molecule has 1 aromatic rings. The summed E-state index contributed by atoms with van der Waals surface area (Å²) in [6.07, 6.45) is 3.33. The van der Waals surface area contributed by atoms with Crippen molar-refractivity contribution in [3.8, 4) is 5.75 Å². The minimum atomic E-state index is 0.392. The fraction of sp³-hybridized carbons (Fsp3) is 0.632. The standard InChI is InChI=1S/C19H30O2/c1-7-9-17(20)10-13(3)11-18-14(4)12-19(21-8-2)16(6)15(18)5/h12-13H,7-11H2,1-6H3. The maximum atomic E-state index is 11.8. The Hall–Kier alpha value is -1.31. The van der Waals surface area contributed by atoms with Crippen LogP contribution in [0.3, 0.4) is 0 Å². The Morgan fingerprint density at radius 1 is 1.19 bits per heavy atom. The number of hydrogen-bond acceptors (Lipinski definition) is 2. The third-order valence-electron chi connectivity index (χ3n) is 4.17. The lowest BCUT2D eigenvalue weighted by atomic mass is 9.88. The molecule has 0 heterocycles. The van der Waals surface area contributed by atoms with Crippen LogP contribution in [0.15, 0.2) is 6.07 Å². The molecule has 0 radical (unpaired) electrons. The predicted octanol–water partition coefficient (Wildman–Crippen LogP) is 4.95. The van der Waals surface area contributed by atoms with Crippen LogP contribution in [-0.4, -0.2) is 12.4 Å². The third kappa shape index (κ3) is 4.87. The van der Waals surface area contributed by atoms with E-state index in [1.807, 2.05) is 6.92 Å². The van der Waals surface area contributed by atoms with Crippen LogP contribution < -0.4 is 4.74 Å². The van der Waals surface area contributed by atoms with Crippen molar-refractivity contribution in [2.45, 2.75) is 67.2 Å². The van der Waals surface area contributed by atoms with Crippen LogP contribution >= 0.6 is 0 Å². The molecule has 0 bridgehead atoms. The molecular formula is C19H30O2. The molecule has 0 saturated heterocycles. The van der Waals surface area contributed by atoms with Gasteiger partial charge in [0.1, 0.15) is 11.5 Å². The summed E-state index contributed by atoms with van der Waals surface area (Å²) in [6.45, 7) is 13.4. The van der Waals surface area contributed by atoms with Gasteiger partial charge >= 0.3 is 0 Å². The number of benzene rings is 1. The summed E-state index contributed by atoms with van der Waals surface area (Å²) in [6, 6.07) is 2.14. The van der Waals surface area contributed by atoms with Gasteiger partial charge in [-0.05, 0) is 74.8 Å². The van der Waals surface area contributed by atoms with E-state index in [9.17, 15) is 4.79 Å². The Morgan fingerprint density at radius 2 is 1.86 bits per heavy atom. The minimum absolute atomic E-state index is 0.392. The summed E-state index contributed by atoms with van der Waals surface area (Å²) in [5.41, 5.74) is 5.20. The van der Waals surface area contributed by atoms with Crippen molar-refractivity contribution in [2.75, 3.05) is 6.61 Å². The molecule has 1 aromatic carbocycles. The fourth-order valence-electron chi connectivity index (χ4n) is 2.91. The van der Waals surface area contributed by atoms with E-state index in [1.165, 1.54) is 22.3 Å². The topological polar surface area (TPSA) is 26.3 Å². The summed E-state index contributed by atoms with van der Waals surface area (Å²) in [4.78, 5) is 11.8. The molecule has 1 unspecified atom stereocenters. The summed E-state index contributed by atoms with van der Waals surface area (Å²) in [5.74, 6) is 1.78. The first-order valence-electron chi connectivity index (χ1n) is 8.14. The highest BCUT2D eigenvalue weighted by Crippen LogP contribution is 2.30. The number of aryl methyl sites for hydroxylation is 1. The Balaban J connectivity index is 2.88. The number of hydrogen-bond donors (Lipinski definition) is 0. The Labute approximate surface area is 129 Å². The molecule has 0 spiro atoms. The molecule has 1 atom stereocenters.